The van der Waals surface area contributed by atoms with Crippen molar-refractivity contribution in [3.05, 3.63) is 29.8 Å². The summed E-state index contributed by atoms with van der Waals surface area (Å²) in [6, 6.07) is 7.59. The third kappa shape index (κ3) is 3.09. The van der Waals surface area contributed by atoms with Crippen molar-refractivity contribution in [1.82, 2.24) is 0 Å². The summed E-state index contributed by atoms with van der Waals surface area (Å²) in [5.74, 6) is 1.43. The molecule has 0 amide bonds. The molecule has 1 aliphatic carbocycles. The molecule has 0 unspecified atom stereocenters. The van der Waals surface area contributed by atoms with Crippen molar-refractivity contribution in [3.63, 3.8) is 0 Å². The van der Waals surface area contributed by atoms with Gasteiger partial charge in [-0.15, -0.1) is 0 Å². The molecule has 0 saturated heterocycles. The van der Waals surface area contributed by atoms with Crippen LogP contribution in [0.2, 0.25) is 0 Å². The molecule has 1 aromatic rings. The summed E-state index contributed by atoms with van der Waals surface area (Å²) in [6.07, 6.45) is 5.53. The van der Waals surface area contributed by atoms with E-state index in [4.69, 9.17) is 4.74 Å². The molecule has 0 bridgehead atoms. The van der Waals surface area contributed by atoms with Crippen molar-refractivity contribution in [2.45, 2.75) is 39.0 Å². The highest BCUT2D eigenvalue weighted by atomic mass is 16.5. The molecule has 17 heavy (non-hydrogen) atoms. The molecule has 1 fully saturated rings. The summed E-state index contributed by atoms with van der Waals surface area (Å²) >= 11 is 0. The number of rotatable bonds is 5. The average Bonchev–Trinajstić information content (AvgIpc) is 2.90. The first-order valence-electron chi connectivity index (χ1n) is 6.58. The minimum Gasteiger partial charge on any atom is -0.494 e. The molecule has 1 aromatic carbocycles. The molecule has 0 heterocycles. The second-order valence-electron chi connectivity index (χ2n) is 4.72. The van der Waals surface area contributed by atoms with Crippen LogP contribution in [-0.4, -0.2) is 12.4 Å². The number of Topliss-reactive ketones (excluding diaryl/α,β-unsaturated/α-hetero) is 1. The van der Waals surface area contributed by atoms with E-state index in [1.165, 1.54) is 12.8 Å². The van der Waals surface area contributed by atoms with Crippen LogP contribution in [0.15, 0.2) is 24.3 Å². The molecule has 1 saturated carbocycles. The van der Waals surface area contributed by atoms with Gasteiger partial charge in [-0.1, -0.05) is 19.8 Å². The second-order valence-corrected chi connectivity index (χ2v) is 4.72. The Hall–Kier alpha value is -1.31. The standard InChI is InChI=1S/C15H20O2/c1-2-11-17-14-9-7-13(8-10-14)15(16)12-5-3-4-6-12/h7-10,12H,2-6,11H2,1H3. The largest absolute Gasteiger partial charge is 0.494 e. The molecule has 0 radical (unpaired) electrons. The minimum atomic E-state index is 0.261. The van der Waals surface area contributed by atoms with Crippen molar-refractivity contribution in [1.29, 1.82) is 0 Å². The Balaban J connectivity index is 1.99. The Bertz CT molecular complexity index is 361. The molecular formula is C15H20O2. The maximum absolute atomic E-state index is 12.1. The third-order valence-corrected chi connectivity index (χ3v) is 3.34. The summed E-state index contributed by atoms with van der Waals surface area (Å²) < 4.78 is 5.50. The number of carbonyl (C=O) groups is 1. The molecule has 0 aromatic heterocycles. The van der Waals surface area contributed by atoms with Crippen LogP contribution in [0, 0.1) is 5.92 Å². The van der Waals surface area contributed by atoms with Crippen LogP contribution in [-0.2, 0) is 0 Å². The first-order valence-corrected chi connectivity index (χ1v) is 6.58. The van der Waals surface area contributed by atoms with Gasteiger partial charge in [0.1, 0.15) is 5.75 Å². The highest BCUT2D eigenvalue weighted by Gasteiger charge is 2.23. The topological polar surface area (TPSA) is 26.3 Å². The van der Waals surface area contributed by atoms with Crippen LogP contribution in [0.25, 0.3) is 0 Å². The smallest absolute Gasteiger partial charge is 0.165 e. The van der Waals surface area contributed by atoms with Crippen LogP contribution in [0.5, 0.6) is 5.75 Å². The second kappa shape index (κ2) is 5.85. The third-order valence-electron chi connectivity index (χ3n) is 3.34. The summed E-state index contributed by atoms with van der Waals surface area (Å²) in [6.45, 7) is 2.81. The van der Waals surface area contributed by atoms with E-state index in [0.717, 1.165) is 37.2 Å². The molecule has 0 N–H and O–H groups in total. The molecule has 1 aliphatic rings. The number of hydrogen-bond donors (Lipinski definition) is 0. The van der Waals surface area contributed by atoms with E-state index in [9.17, 15) is 4.79 Å². The molecule has 0 atom stereocenters. The zero-order valence-corrected chi connectivity index (χ0v) is 10.4. The number of ether oxygens (including phenoxy) is 1. The van der Waals surface area contributed by atoms with E-state index in [0.29, 0.717) is 5.78 Å². The van der Waals surface area contributed by atoms with Crippen molar-refractivity contribution < 1.29 is 9.53 Å². The zero-order valence-electron chi connectivity index (χ0n) is 10.4. The maximum Gasteiger partial charge on any atom is 0.165 e. The van der Waals surface area contributed by atoms with Gasteiger partial charge in [-0.3, -0.25) is 4.79 Å². The average molecular weight is 232 g/mol. The summed E-state index contributed by atoms with van der Waals surface area (Å²) in [5.41, 5.74) is 0.834. The van der Waals surface area contributed by atoms with Gasteiger partial charge in [0.2, 0.25) is 0 Å². The van der Waals surface area contributed by atoms with E-state index in [2.05, 4.69) is 6.92 Å². The van der Waals surface area contributed by atoms with E-state index in [1.807, 2.05) is 24.3 Å². The number of hydrogen-bond acceptors (Lipinski definition) is 2. The Morgan fingerprint density at radius 3 is 2.47 bits per heavy atom. The number of carbonyl (C=O) groups excluding carboxylic acids is 1. The molecule has 92 valence electrons. The predicted molar refractivity (Wildman–Crippen MR) is 68.5 cm³/mol. The first kappa shape index (κ1) is 12.2. The fourth-order valence-corrected chi connectivity index (χ4v) is 2.36. The van der Waals surface area contributed by atoms with E-state index >= 15 is 0 Å². The lowest BCUT2D eigenvalue weighted by Gasteiger charge is -2.09. The SMILES string of the molecule is CCCOc1ccc(C(=O)C2CCCC2)cc1. The molecule has 2 rings (SSSR count). The lowest BCUT2D eigenvalue weighted by Crippen LogP contribution is -2.10. The fraction of sp³-hybridized carbons (Fsp3) is 0.533. The van der Waals surface area contributed by atoms with Crippen LogP contribution in [0.3, 0.4) is 0 Å². The van der Waals surface area contributed by atoms with Crippen molar-refractivity contribution in [2.24, 2.45) is 5.92 Å². The number of benzene rings is 1. The molecular weight excluding hydrogens is 212 g/mol. The number of ketones is 1. The van der Waals surface area contributed by atoms with Crippen LogP contribution in [0.1, 0.15) is 49.4 Å². The minimum absolute atomic E-state index is 0.261. The van der Waals surface area contributed by atoms with Crippen molar-refractivity contribution >= 4 is 5.78 Å². The predicted octanol–water partition coefficient (Wildman–Crippen LogP) is 3.85. The van der Waals surface area contributed by atoms with Gasteiger partial charge in [-0.25, -0.2) is 0 Å². The van der Waals surface area contributed by atoms with Gasteiger partial charge in [0, 0.05) is 11.5 Å². The molecule has 0 aliphatic heterocycles. The Labute approximate surface area is 103 Å². The van der Waals surface area contributed by atoms with Gasteiger partial charge in [-0.2, -0.15) is 0 Å². The van der Waals surface area contributed by atoms with E-state index < -0.39 is 0 Å². The lowest BCUT2D eigenvalue weighted by atomic mass is 9.96. The summed E-state index contributed by atoms with van der Waals surface area (Å²) in [4.78, 5) is 12.1. The van der Waals surface area contributed by atoms with Gasteiger partial charge in [-0.05, 0) is 43.5 Å². The first-order chi connectivity index (χ1) is 8.31. The highest BCUT2D eigenvalue weighted by molar-refractivity contribution is 5.98. The van der Waals surface area contributed by atoms with Crippen molar-refractivity contribution in [2.75, 3.05) is 6.61 Å². The maximum atomic E-state index is 12.1. The molecule has 0 spiro atoms. The van der Waals surface area contributed by atoms with Gasteiger partial charge >= 0.3 is 0 Å². The molecule has 2 nitrogen and oxygen atoms in total. The van der Waals surface area contributed by atoms with Gasteiger partial charge in [0.05, 0.1) is 6.61 Å². The Morgan fingerprint density at radius 1 is 1.24 bits per heavy atom. The molecule has 2 heteroatoms. The van der Waals surface area contributed by atoms with Crippen LogP contribution >= 0.6 is 0 Å². The van der Waals surface area contributed by atoms with Gasteiger partial charge in [0.25, 0.3) is 0 Å². The summed E-state index contributed by atoms with van der Waals surface area (Å²) in [7, 11) is 0. The zero-order chi connectivity index (χ0) is 12.1. The lowest BCUT2D eigenvalue weighted by molar-refractivity contribution is 0.0923. The quantitative estimate of drug-likeness (QED) is 0.721. The van der Waals surface area contributed by atoms with Crippen molar-refractivity contribution in [3.8, 4) is 5.75 Å². The Kier molecular flexibility index (Phi) is 4.18. The Morgan fingerprint density at radius 2 is 1.88 bits per heavy atom. The highest BCUT2D eigenvalue weighted by Crippen LogP contribution is 2.28. The van der Waals surface area contributed by atoms with Crippen LogP contribution < -0.4 is 4.74 Å². The van der Waals surface area contributed by atoms with Crippen LogP contribution in [0.4, 0.5) is 0 Å². The summed E-state index contributed by atoms with van der Waals surface area (Å²) in [5, 5.41) is 0. The monoisotopic (exact) mass is 232 g/mol. The fourth-order valence-electron chi connectivity index (χ4n) is 2.36. The van der Waals surface area contributed by atoms with E-state index in [-0.39, 0.29) is 5.92 Å². The van der Waals surface area contributed by atoms with Gasteiger partial charge < -0.3 is 4.74 Å². The van der Waals surface area contributed by atoms with Gasteiger partial charge in [0.15, 0.2) is 5.78 Å². The normalized spacial score (nSPS) is 16.1. The van der Waals surface area contributed by atoms with E-state index in [1.54, 1.807) is 0 Å².